The largest absolute Gasteiger partial charge is 0.544 e. The number of esters is 1. The Morgan fingerprint density at radius 2 is 1.02 bits per heavy atom. The summed E-state index contributed by atoms with van der Waals surface area (Å²) in [6, 6.07) is 53.9. The molecule has 17 nitrogen and oxygen atoms in total. The molecule has 1 unspecified atom stereocenters. The van der Waals surface area contributed by atoms with E-state index in [9.17, 15) is 0 Å². The standard InChI is InChI=1S/C76H90N6O11Si/c1-10-52(2)66-73(88)91-53(3)67(81-74(89)92-76(58-36-23-14-24-37-58,59-38-25-15-26-39-59)60-40-27-16-28-41-60)71(86)78-63(48-54-30-17-11-18-31-54)69(84)77-62(42-29-47-90-51-57-34-21-13-22-35-57)68(83)79-64(49-55-32-19-12-20-33-55)72(87)82(7)65(70(85)80-66)50-56-43-45-61(46-44-56)93-94(8,9)75(4,5)6/h11-28,30-41,43-46,52-53,62-67H,10,29,42,47-51H2,1-9H3,(H,77,84)(H,78,86)(H,79,83)(H,80,85)(H,81,89)/t52-,53+,62-,63-,64-,65?,66-,67-/m0/s1. The Balaban J connectivity index is 1.23. The molecule has 0 aromatic heterocycles. The van der Waals surface area contributed by atoms with Crippen molar-refractivity contribution in [3.63, 3.8) is 0 Å². The van der Waals surface area contributed by atoms with Crippen molar-refractivity contribution in [2.24, 2.45) is 5.92 Å². The smallest absolute Gasteiger partial charge is 0.409 e. The van der Waals surface area contributed by atoms with E-state index < -0.39 is 104 Å². The van der Waals surface area contributed by atoms with E-state index in [2.05, 4.69) is 60.4 Å². The first-order valence-electron chi connectivity index (χ1n) is 32.4. The fourth-order valence-corrected chi connectivity index (χ4v) is 12.2. The summed E-state index contributed by atoms with van der Waals surface area (Å²) in [6.07, 6.45) is -2.14. The van der Waals surface area contributed by atoms with Gasteiger partial charge in [0.25, 0.3) is 0 Å². The number of amides is 6. The van der Waals surface area contributed by atoms with Crippen molar-refractivity contribution in [1.82, 2.24) is 31.5 Å². The second-order valence-electron chi connectivity index (χ2n) is 25.7. The molecule has 94 heavy (non-hydrogen) atoms. The summed E-state index contributed by atoms with van der Waals surface area (Å²) in [5, 5.41) is 14.4. The van der Waals surface area contributed by atoms with Gasteiger partial charge in [0, 0.05) is 49.6 Å². The number of carbonyl (C=O) groups is 7. The molecule has 7 aromatic rings. The molecule has 0 spiro atoms. The third-order valence-electron chi connectivity index (χ3n) is 17.9. The van der Waals surface area contributed by atoms with Crippen LogP contribution in [0, 0.1) is 5.92 Å². The minimum atomic E-state index is -2.26. The van der Waals surface area contributed by atoms with Crippen molar-refractivity contribution in [2.75, 3.05) is 13.7 Å². The minimum absolute atomic E-state index is 0.0170. The summed E-state index contributed by atoms with van der Waals surface area (Å²) in [5.74, 6) is -4.69. The number of likely N-dealkylation sites (N-methyl/N-ethyl adjacent to an activating group) is 1. The zero-order chi connectivity index (χ0) is 67.4. The molecule has 1 aliphatic rings. The van der Waals surface area contributed by atoms with Crippen LogP contribution in [-0.2, 0) is 74.4 Å². The van der Waals surface area contributed by atoms with E-state index in [-0.39, 0.29) is 43.7 Å². The zero-order valence-corrected chi connectivity index (χ0v) is 56.3. The van der Waals surface area contributed by atoms with E-state index in [1.54, 1.807) is 31.2 Å². The Hall–Kier alpha value is -9.39. The van der Waals surface area contributed by atoms with Crippen LogP contribution < -0.4 is 31.0 Å². The van der Waals surface area contributed by atoms with Gasteiger partial charge in [-0.1, -0.05) is 235 Å². The van der Waals surface area contributed by atoms with Crippen molar-refractivity contribution in [3.8, 4) is 5.75 Å². The predicted molar refractivity (Wildman–Crippen MR) is 365 cm³/mol. The number of rotatable bonds is 21. The van der Waals surface area contributed by atoms with Crippen LogP contribution >= 0.6 is 0 Å². The monoisotopic (exact) mass is 1290 g/mol. The molecule has 1 heterocycles. The molecule has 0 aliphatic carbocycles. The quantitative estimate of drug-likeness (QED) is 0.0197. The first-order valence-corrected chi connectivity index (χ1v) is 35.3. The van der Waals surface area contributed by atoms with Gasteiger partial charge in [0.1, 0.15) is 48.1 Å². The lowest BCUT2D eigenvalue weighted by Gasteiger charge is -2.36. The molecular weight excluding hydrogens is 1200 g/mol. The maximum Gasteiger partial charge on any atom is 0.409 e. The molecule has 18 heteroatoms. The molecule has 1 saturated heterocycles. The Bertz CT molecular complexity index is 3510. The maximum absolute atomic E-state index is 15.5. The Kier molecular flexibility index (Phi) is 24.7. The molecule has 1 fully saturated rings. The number of cyclic esters (lactones) is 1. The second kappa shape index (κ2) is 32.9. The van der Waals surface area contributed by atoms with Crippen molar-refractivity contribution in [2.45, 2.75) is 153 Å². The molecular formula is C76H90N6O11Si. The van der Waals surface area contributed by atoms with Gasteiger partial charge in [-0.3, -0.25) is 24.0 Å². The summed E-state index contributed by atoms with van der Waals surface area (Å²) >= 11 is 0. The summed E-state index contributed by atoms with van der Waals surface area (Å²) in [4.78, 5) is 109. The lowest BCUT2D eigenvalue weighted by Crippen LogP contribution is -2.61. The van der Waals surface area contributed by atoms with Gasteiger partial charge in [-0.15, -0.1) is 0 Å². The Labute approximate surface area is 554 Å². The first kappa shape index (κ1) is 70.5. The molecule has 6 amide bonds. The van der Waals surface area contributed by atoms with Gasteiger partial charge in [-0.05, 0) is 78.2 Å². The van der Waals surface area contributed by atoms with Crippen LogP contribution in [-0.4, -0.2) is 111 Å². The third kappa shape index (κ3) is 18.7. The molecule has 1 aliphatic heterocycles. The fraction of sp³-hybridized carbons (Fsp3) is 0.355. The van der Waals surface area contributed by atoms with E-state index in [4.69, 9.17) is 18.6 Å². The van der Waals surface area contributed by atoms with Crippen LogP contribution in [0.1, 0.15) is 99.7 Å². The van der Waals surface area contributed by atoms with Gasteiger partial charge >= 0.3 is 12.1 Å². The van der Waals surface area contributed by atoms with E-state index >= 15 is 33.6 Å². The predicted octanol–water partition coefficient (Wildman–Crippen LogP) is 10.9. The van der Waals surface area contributed by atoms with E-state index in [1.165, 1.54) is 18.9 Å². The highest BCUT2D eigenvalue weighted by Crippen LogP contribution is 2.41. The van der Waals surface area contributed by atoms with Crippen LogP contribution in [0.3, 0.4) is 0 Å². The molecule has 5 N–H and O–H groups in total. The molecule has 0 saturated carbocycles. The van der Waals surface area contributed by atoms with Crippen molar-refractivity contribution in [1.29, 1.82) is 0 Å². The number of carbonyl (C=O) groups excluding carboxylic acids is 7. The minimum Gasteiger partial charge on any atom is -0.544 e. The lowest BCUT2D eigenvalue weighted by molar-refractivity contribution is -0.157. The van der Waals surface area contributed by atoms with Crippen molar-refractivity contribution < 1.29 is 52.2 Å². The van der Waals surface area contributed by atoms with Gasteiger partial charge in [-0.2, -0.15) is 0 Å². The van der Waals surface area contributed by atoms with Crippen molar-refractivity contribution in [3.05, 3.63) is 245 Å². The highest BCUT2D eigenvalue weighted by molar-refractivity contribution is 6.74. The number of nitrogens with zero attached hydrogens (tertiary/aromatic N) is 1. The van der Waals surface area contributed by atoms with Crippen LogP contribution in [0.5, 0.6) is 5.75 Å². The molecule has 7 aromatic carbocycles. The molecule has 8 rings (SSSR count). The van der Waals surface area contributed by atoms with Gasteiger partial charge in [0.2, 0.25) is 37.9 Å². The summed E-state index contributed by atoms with van der Waals surface area (Å²) in [6.45, 7) is 16.2. The van der Waals surface area contributed by atoms with E-state index in [0.29, 0.717) is 52.2 Å². The highest BCUT2D eigenvalue weighted by atomic mass is 28.4. The summed E-state index contributed by atoms with van der Waals surface area (Å²) in [7, 11) is -0.777. The summed E-state index contributed by atoms with van der Waals surface area (Å²) < 4.78 is 25.7. The number of ether oxygens (including phenoxy) is 3. The fourth-order valence-electron chi connectivity index (χ4n) is 11.1. The van der Waals surface area contributed by atoms with Crippen LogP contribution in [0.15, 0.2) is 206 Å². The average molecular weight is 1290 g/mol. The van der Waals surface area contributed by atoms with Gasteiger partial charge in [0.15, 0.2) is 5.60 Å². The van der Waals surface area contributed by atoms with Crippen LogP contribution in [0.2, 0.25) is 18.1 Å². The van der Waals surface area contributed by atoms with Crippen LogP contribution in [0.25, 0.3) is 0 Å². The van der Waals surface area contributed by atoms with Gasteiger partial charge in [0.05, 0.1) is 6.61 Å². The average Bonchev–Trinajstić information content (AvgIpc) is 0.761. The SMILES string of the molecule is CC[C@H](C)[C@@H]1NC(=O)C(Cc2ccc(O[Si](C)(C)C(C)(C)C)cc2)N(C)C(=O)[C@H](Cc2ccccc2)NC(=O)[C@H](CCCOCc2ccccc2)NC(=O)[C@H](Cc2ccccc2)NC(=O)[C@@H](NC(=O)OC(c2ccccc2)(c2ccccc2)c2ccccc2)[C@@H](C)OC1=O. The lowest BCUT2D eigenvalue weighted by atomic mass is 9.80. The number of hydrogen-bond acceptors (Lipinski definition) is 11. The molecule has 8 atom stereocenters. The van der Waals surface area contributed by atoms with Crippen LogP contribution in [0.4, 0.5) is 4.79 Å². The molecule has 0 bridgehead atoms. The van der Waals surface area contributed by atoms with E-state index in [0.717, 1.165) is 5.56 Å². The first-order chi connectivity index (χ1) is 45.1. The van der Waals surface area contributed by atoms with Gasteiger partial charge < -0.3 is 50.1 Å². The highest BCUT2D eigenvalue weighted by Gasteiger charge is 2.45. The van der Waals surface area contributed by atoms with Gasteiger partial charge in [-0.25, -0.2) is 9.59 Å². The Morgan fingerprint density at radius 3 is 1.52 bits per heavy atom. The maximum atomic E-state index is 15.5. The molecule has 0 radical (unpaired) electrons. The molecule has 494 valence electrons. The normalized spacial score (nSPS) is 20.1. The number of nitrogens with one attached hydrogen (secondary N) is 5. The van der Waals surface area contributed by atoms with E-state index in [1.807, 2.05) is 189 Å². The topological polar surface area (TPSA) is 220 Å². The zero-order valence-electron chi connectivity index (χ0n) is 55.3. The Morgan fingerprint density at radius 1 is 0.574 bits per heavy atom. The second-order valence-corrected chi connectivity index (χ2v) is 30.4. The number of alkyl carbamates (subject to hydrolysis) is 1. The number of benzene rings is 7. The third-order valence-corrected chi connectivity index (χ3v) is 22.2. The van der Waals surface area contributed by atoms with Crippen molar-refractivity contribution >= 4 is 49.9 Å². The summed E-state index contributed by atoms with van der Waals surface area (Å²) in [5.41, 5.74) is 3.03. The number of hydrogen-bond donors (Lipinski definition) is 5.